The Morgan fingerprint density at radius 2 is 1.72 bits per heavy atom. The number of allylic oxidation sites excluding steroid dienone is 1. The molecule has 36 heavy (non-hydrogen) atoms. The van der Waals surface area contributed by atoms with Crippen LogP contribution in [-0.4, -0.2) is 21.6 Å². The van der Waals surface area contributed by atoms with Gasteiger partial charge in [-0.3, -0.25) is 14.9 Å². The van der Waals surface area contributed by atoms with Crippen molar-refractivity contribution >= 4 is 66.8 Å². The van der Waals surface area contributed by atoms with Gasteiger partial charge in [0.25, 0.3) is 11.6 Å². The number of carbonyl (C=O) groups excluding carboxylic acids is 1. The van der Waals surface area contributed by atoms with E-state index >= 15 is 0 Å². The standard InChI is InChI=1S/C27H20Br2ClN3O3/c28-20-9-4-16(5-10-20)14-18-2-1-3-22-25(18)31-32(26(22)17-6-11-21(29)12-7-17)27(34)19-8-13-23(30)24(15-19)33(35)36/h4-15,22,26H,1-3H2/b18-14-/t22-,26-/m0/s1. The molecular weight excluding hydrogens is 610 g/mol. The molecule has 9 heteroatoms. The van der Waals surface area contributed by atoms with Crippen LogP contribution in [0.4, 0.5) is 5.69 Å². The Labute approximate surface area is 230 Å². The second kappa shape index (κ2) is 10.3. The summed E-state index contributed by atoms with van der Waals surface area (Å²) in [5, 5.41) is 17.8. The molecule has 0 N–H and O–H groups in total. The lowest BCUT2D eigenvalue weighted by molar-refractivity contribution is -0.384. The highest BCUT2D eigenvalue weighted by atomic mass is 79.9. The van der Waals surface area contributed by atoms with Gasteiger partial charge in [-0.15, -0.1) is 0 Å². The Morgan fingerprint density at radius 3 is 2.39 bits per heavy atom. The van der Waals surface area contributed by atoms with E-state index in [4.69, 9.17) is 16.7 Å². The number of nitro benzene ring substituents is 1. The molecule has 3 aromatic rings. The molecule has 1 heterocycles. The van der Waals surface area contributed by atoms with Crippen molar-refractivity contribution in [3.63, 3.8) is 0 Å². The van der Waals surface area contributed by atoms with E-state index in [1.165, 1.54) is 23.2 Å². The first-order valence-corrected chi connectivity index (χ1v) is 13.4. The van der Waals surface area contributed by atoms with Crippen LogP contribution in [-0.2, 0) is 0 Å². The minimum atomic E-state index is -0.583. The monoisotopic (exact) mass is 627 g/mol. The third-order valence-electron chi connectivity index (χ3n) is 6.52. The highest BCUT2D eigenvalue weighted by Gasteiger charge is 2.44. The highest BCUT2D eigenvalue weighted by molar-refractivity contribution is 9.10. The fraction of sp³-hybridized carbons (Fsp3) is 0.185. The quantitative estimate of drug-likeness (QED) is 0.216. The maximum Gasteiger partial charge on any atom is 0.288 e. The summed E-state index contributed by atoms with van der Waals surface area (Å²) in [5.41, 5.74) is 3.90. The molecule has 0 saturated heterocycles. The Kier molecular flexibility index (Phi) is 7.10. The molecular formula is C27H20Br2ClN3O3. The molecule has 1 fully saturated rings. The lowest BCUT2D eigenvalue weighted by atomic mass is 9.77. The van der Waals surface area contributed by atoms with Crippen LogP contribution in [0.1, 0.15) is 46.8 Å². The Hall–Kier alpha value is -2.81. The summed E-state index contributed by atoms with van der Waals surface area (Å²) >= 11 is 13.0. The van der Waals surface area contributed by atoms with Crippen LogP contribution in [0.3, 0.4) is 0 Å². The van der Waals surface area contributed by atoms with Gasteiger partial charge in [-0.2, -0.15) is 5.10 Å². The van der Waals surface area contributed by atoms with E-state index in [2.05, 4.69) is 37.9 Å². The van der Waals surface area contributed by atoms with Gasteiger partial charge < -0.3 is 0 Å². The Bertz CT molecular complexity index is 1400. The van der Waals surface area contributed by atoms with Crippen molar-refractivity contribution in [1.29, 1.82) is 0 Å². The number of benzene rings is 3. The van der Waals surface area contributed by atoms with E-state index in [1.807, 2.05) is 48.5 Å². The predicted octanol–water partition coefficient (Wildman–Crippen LogP) is 8.21. The summed E-state index contributed by atoms with van der Waals surface area (Å²) in [6.07, 6.45) is 4.87. The van der Waals surface area contributed by atoms with Crippen molar-refractivity contribution < 1.29 is 9.72 Å². The van der Waals surface area contributed by atoms with E-state index < -0.39 is 10.8 Å². The number of rotatable bonds is 4. The number of hydrogen-bond acceptors (Lipinski definition) is 4. The molecule has 1 aliphatic heterocycles. The molecule has 1 saturated carbocycles. The number of amides is 1. The zero-order valence-corrected chi connectivity index (χ0v) is 22.8. The van der Waals surface area contributed by atoms with Gasteiger partial charge in [0.2, 0.25) is 0 Å². The average Bonchev–Trinajstić information content (AvgIpc) is 3.26. The Balaban J connectivity index is 1.59. The van der Waals surface area contributed by atoms with Crippen LogP contribution in [0.25, 0.3) is 6.08 Å². The van der Waals surface area contributed by atoms with Crippen molar-refractivity contribution in [1.82, 2.24) is 5.01 Å². The minimum absolute atomic E-state index is 0.0119. The molecule has 3 aromatic carbocycles. The highest BCUT2D eigenvalue weighted by Crippen LogP contribution is 2.45. The van der Waals surface area contributed by atoms with Gasteiger partial charge in [0.1, 0.15) is 5.02 Å². The van der Waals surface area contributed by atoms with Gasteiger partial charge in [-0.1, -0.05) is 67.7 Å². The number of hydrogen-bond donors (Lipinski definition) is 0. The molecule has 0 radical (unpaired) electrons. The zero-order chi connectivity index (χ0) is 25.4. The summed E-state index contributed by atoms with van der Waals surface area (Å²) < 4.78 is 1.95. The van der Waals surface area contributed by atoms with Crippen molar-refractivity contribution in [2.45, 2.75) is 25.3 Å². The van der Waals surface area contributed by atoms with Crippen molar-refractivity contribution in [3.8, 4) is 0 Å². The van der Waals surface area contributed by atoms with Gasteiger partial charge in [0.15, 0.2) is 0 Å². The molecule has 0 bridgehead atoms. The van der Waals surface area contributed by atoms with Crippen LogP contribution in [0.5, 0.6) is 0 Å². The molecule has 6 nitrogen and oxygen atoms in total. The molecule has 182 valence electrons. The predicted molar refractivity (Wildman–Crippen MR) is 148 cm³/mol. The summed E-state index contributed by atoms with van der Waals surface area (Å²) in [6.45, 7) is 0. The SMILES string of the molecule is O=C(c1ccc(Cl)c([N+](=O)[O-])c1)N1N=C2/C(=C\c3ccc(Br)cc3)CCC[C@@H]2[C@@H]1c1ccc(Br)cc1. The van der Waals surface area contributed by atoms with E-state index in [-0.39, 0.29) is 28.2 Å². The number of nitrogens with zero attached hydrogens (tertiary/aromatic N) is 3. The van der Waals surface area contributed by atoms with Gasteiger partial charge in [-0.25, -0.2) is 5.01 Å². The van der Waals surface area contributed by atoms with E-state index in [0.717, 1.165) is 50.6 Å². The third-order valence-corrected chi connectivity index (χ3v) is 7.90. The molecule has 1 aliphatic carbocycles. The molecule has 0 unspecified atom stereocenters. The maximum absolute atomic E-state index is 13.7. The van der Waals surface area contributed by atoms with Crippen LogP contribution in [0.2, 0.25) is 5.02 Å². The normalized spacial score (nSPS) is 20.2. The van der Waals surface area contributed by atoms with Crippen molar-refractivity contribution in [2.75, 3.05) is 0 Å². The topological polar surface area (TPSA) is 75.8 Å². The summed E-state index contributed by atoms with van der Waals surface area (Å²) in [7, 11) is 0. The molecule has 0 spiro atoms. The van der Waals surface area contributed by atoms with Crippen LogP contribution >= 0.6 is 43.5 Å². The Morgan fingerprint density at radius 1 is 1.06 bits per heavy atom. The summed E-state index contributed by atoms with van der Waals surface area (Å²) in [6, 6.07) is 19.8. The van der Waals surface area contributed by atoms with Gasteiger partial charge in [0, 0.05) is 26.5 Å². The van der Waals surface area contributed by atoms with E-state index in [0.29, 0.717) is 0 Å². The molecule has 2 atom stereocenters. The minimum Gasteiger partial charge on any atom is -0.267 e. The lowest BCUT2D eigenvalue weighted by Crippen LogP contribution is -2.32. The molecule has 0 aromatic heterocycles. The van der Waals surface area contributed by atoms with E-state index in [9.17, 15) is 14.9 Å². The first-order valence-electron chi connectivity index (χ1n) is 11.4. The lowest BCUT2D eigenvalue weighted by Gasteiger charge is -2.29. The first kappa shape index (κ1) is 24.9. The number of nitro groups is 1. The summed E-state index contributed by atoms with van der Waals surface area (Å²) in [5.74, 6) is -0.375. The molecule has 5 rings (SSSR count). The van der Waals surface area contributed by atoms with Gasteiger partial charge in [0.05, 0.1) is 16.7 Å². The fourth-order valence-electron chi connectivity index (χ4n) is 4.84. The molecule has 1 amide bonds. The van der Waals surface area contributed by atoms with Crippen LogP contribution < -0.4 is 0 Å². The van der Waals surface area contributed by atoms with Crippen LogP contribution in [0, 0.1) is 16.0 Å². The number of fused-ring (bicyclic) bond motifs is 1. The maximum atomic E-state index is 13.7. The average molecular weight is 630 g/mol. The van der Waals surface area contributed by atoms with Gasteiger partial charge in [-0.05, 0) is 78.4 Å². The van der Waals surface area contributed by atoms with Crippen molar-refractivity contribution in [3.05, 3.63) is 113 Å². The number of halogens is 3. The van der Waals surface area contributed by atoms with Crippen molar-refractivity contribution in [2.24, 2.45) is 11.0 Å². The smallest absolute Gasteiger partial charge is 0.267 e. The third kappa shape index (κ3) is 4.90. The first-order chi connectivity index (χ1) is 17.3. The molecule has 2 aliphatic rings. The van der Waals surface area contributed by atoms with E-state index in [1.54, 1.807) is 0 Å². The summed E-state index contributed by atoms with van der Waals surface area (Å²) in [4.78, 5) is 24.6. The second-order valence-corrected chi connectivity index (χ2v) is 11.0. The number of carbonyl (C=O) groups is 1. The number of hydrazone groups is 1. The zero-order valence-electron chi connectivity index (χ0n) is 18.9. The largest absolute Gasteiger partial charge is 0.288 e. The van der Waals surface area contributed by atoms with Gasteiger partial charge >= 0.3 is 0 Å². The second-order valence-electron chi connectivity index (χ2n) is 8.77. The van der Waals surface area contributed by atoms with Crippen LogP contribution in [0.15, 0.2) is 86.3 Å². The fourth-order valence-corrected chi connectivity index (χ4v) is 5.55.